The van der Waals surface area contributed by atoms with Gasteiger partial charge in [-0.15, -0.1) is 0 Å². The number of hydrogen-bond acceptors (Lipinski definition) is 2. The molecule has 0 aromatic rings. The lowest BCUT2D eigenvalue weighted by Gasteiger charge is -2.18. The first-order chi connectivity index (χ1) is 8.99. The van der Waals surface area contributed by atoms with Crippen molar-refractivity contribution in [1.82, 2.24) is 0 Å². The van der Waals surface area contributed by atoms with E-state index >= 15 is 0 Å². The Morgan fingerprint density at radius 3 is 1.30 bits per heavy atom. The predicted octanol–water partition coefficient (Wildman–Crippen LogP) is 4.70. The topological polar surface area (TPSA) is 40.5 Å². The third-order valence-electron chi connectivity index (χ3n) is 3.66. The second-order valence-electron chi connectivity index (χ2n) is 7.75. The Balaban J connectivity index is 3.80. The minimum atomic E-state index is -0.534. The summed E-state index contributed by atoms with van der Waals surface area (Å²) in [5.41, 5.74) is -1.07. The van der Waals surface area contributed by atoms with Crippen molar-refractivity contribution in [3.8, 4) is 0 Å². The van der Waals surface area contributed by atoms with Gasteiger partial charge in [-0.25, -0.2) is 0 Å². The van der Waals surface area contributed by atoms with E-state index in [1.807, 2.05) is 27.7 Å². The van der Waals surface area contributed by atoms with E-state index in [2.05, 4.69) is 26.0 Å². The third-order valence-corrected chi connectivity index (χ3v) is 3.66. The average molecular weight is 284 g/mol. The van der Waals surface area contributed by atoms with Crippen LogP contribution in [0.1, 0.15) is 80.1 Å². The van der Waals surface area contributed by atoms with Gasteiger partial charge in [-0.1, -0.05) is 38.8 Å². The molecule has 0 rings (SSSR count). The van der Waals surface area contributed by atoms with Gasteiger partial charge in [-0.05, 0) is 65.2 Å². The van der Waals surface area contributed by atoms with Crippen LogP contribution in [0.5, 0.6) is 0 Å². The van der Waals surface area contributed by atoms with Crippen molar-refractivity contribution in [3.05, 3.63) is 12.2 Å². The molecule has 0 aliphatic rings. The van der Waals surface area contributed by atoms with Crippen molar-refractivity contribution in [2.75, 3.05) is 0 Å². The van der Waals surface area contributed by atoms with Crippen LogP contribution in [0.25, 0.3) is 0 Å². The van der Waals surface area contributed by atoms with Crippen molar-refractivity contribution < 1.29 is 10.2 Å². The zero-order valence-corrected chi connectivity index (χ0v) is 14.4. The Morgan fingerprint density at radius 2 is 1.05 bits per heavy atom. The van der Waals surface area contributed by atoms with Crippen molar-refractivity contribution >= 4 is 0 Å². The van der Waals surface area contributed by atoms with E-state index in [0.29, 0.717) is 11.8 Å². The molecule has 0 aliphatic heterocycles. The van der Waals surface area contributed by atoms with Crippen molar-refractivity contribution in [2.45, 2.75) is 91.3 Å². The first-order valence-electron chi connectivity index (χ1n) is 8.13. The molecule has 2 unspecified atom stereocenters. The highest BCUT2D eigenvalue weighted by molar-refractivity contribution is 4.90. The maximum Gasteiger partial charge on any atom is 0.0591 e. The Bertz CT molecular complexity index is 240. The second-order valence-corrected chi connectivity index (χ2v) is 7.75. The Hall–Kier alpha value is -0.340. The van der Waals surface area contributed by atoms with Gasteiger partial charge in [0.15, 0.2) is 0 Å². The van der Waals surface area contributed by atoms with Crippen LogP contribution in [0.3, 0.4) is 0 Å². The minimum Gasteiger partial charge on any atom is -0.390 e. The van der Waals surface area contributed by atoms with Gasteiger partial charge in [0.1, 0.15) is 0 Å². The van der Waals surface area contributed by atoms with E-state index in [-0.39, 0.29) is 0 Å². The Kier molecular flexibility index (Phi) is 8.69. The molecule has 20 heavy (non-hydrogen) atoms. The van der Waals surface area contributed by atoms with Gasteiger partial charge in [-0.3, -0.25) is 0 Å². The van der Waals surface area contributed by atoms with Crippen LogP contribution >= 0.6 is 0 Å². The lowest BCUT2D eigenvalue weighted by Crippen LogP contribution is -2.18. The van der Waals surface area contributed by atoms with Gasteiger partial charge < -0.3 is 10.2 Å². The van der Waals surface area contributed by atoms with E-state index in [1.165, 1.54) is 0 Å². The summed E-state index contributed by atoms with van der Waals surface area (Å²) in [5, 5.41) is 19.3. The summed E-state index contributed by atoms with van der Waals surface area (Å²) in [5.74, 6) is 1.16. The van der Waals surface area contributed by atoms with E-state index in [1.54, 1.807) is 0 Å². The van der Waals surface area contributed by atoms with Gasteiger partial charge in [0, 0.05) is 0 Å². The number of rotatable bonds is 10. The summed E-state index contributed by atoms with van der Waals surface area (Å²) in [4.78, 5) is 0. The molecule has 0 bridgehead atoms. The van der Waals surface area contributed by atoms with Gasteiger partial charge in [-0.2, -0.15) is 0 Å². The largest absolute Gasteiger partial charge is 0.390 e. The summed E-state index contributed by atoms with van der Waals surface area (Å²) in [6.45, 7) is 12.0. The lowest BCUT2D eigenvalue weighted by atomic mass is 9.94. The van der Waals surface area contributed by atoms with Gasteiger partial charge in [0.2, 0.25) is 0 Å². The molecular weight excluding hydrogens is 248 g/mol. The summed E-state index contributed by atoms with van der Waals surface area (Å²) in [6.07, 6.45) is 10.8. The molecule has 0 aromatic carbocycles. The zero-order chi connectivity index (χ0) is 15.8. The van der Waals surface area contributed by atoms with Crippen LogP contribution in [0.4, 0.5) is 0 Å². The standard InChI is InChI=1S/C18H36O2/c1-15(9-7-13-17(3,4)19)11-12-16(2)10-8-14-18(5,6)20/h11-12,15-16,19-20H,7-10,13-14H2,1-6H3/b12-11+. The number of allylic oxidation sites excluding steroid dienone is 2. The molecule has 2 N–H and O–H groups in total. The first kappa shape index (κ1) is 19.7. The van der Waals surface area contributed by atoms with E-state index in [0.717, 1.165) is 38.5 Å². The predicted molar refractivity (Wildman–Crippen MR) is 87.8 cm³/mol. The molecule has 0 saturated carbocycles. The van der Waals surface area contributed by atoms with Crippen LogP contribution in [-0.4, -0.2) is 21.4 Å². The zero-order valence-electron chi connectivity index (χ0n) is 14.4. The normalized spacial score (nSPS) is 16.6. The summed E-state index contributed by atoms with van der Waals surface area (Å²) >= 11 is 0. The molecule has 0 radical (unpaired) electrons. The fraction of sp³-hybridized carbons (Fsp3) is 0.889. The highest BCUT2D eigenvalue weighted by Gasteiger charge is 2.13. The van der Waals surface area contributed by atoms with Gasteiger partial charge in [0.05, 0.1) is 11.2 Å². The molecular formula is C18H36O2. The monoisotopic (exact) mass is 284 g/mol. The molecule has 2 heteroatoms. The van der Waals surface area contributed by atoms with Crippen LogP contribution in [-0.2, 0) is 0 Å². The van der Waals surface area contributed by atoms with Crippen LogP contribution < -0.4 is 0 Å². The molecule has 0 aromatic heterocycles. The van der Waals surface area contributed by atoms with Crippen LogP contribution in [0, 0.1) is 11.8 Å². The SMILES string of the molecule is CC(/C=C/C(C)CCCC(C)(C)O)CCCC(C)(C)O. The second kappa shape index (κ2) is 8.84. The first-order valence-corrected chi connectivity index (χ1v) is 8.13. The van der Waals surface area contributed by atoms with E-state index in [9.17, 15) is 10.2 Å². The smallest absolute Gasteiger partial charge is 0.0591 e. The molecule has 120 valence electrons. The summed E-state index contributed by atoms with van der Waals surface area (Å²) in [6, 6.07) is 0. The molecule has 0 fully saturated rings. The highest BCUT2D eigenvalue weighted by atomic mass is 16.3. The average Bonchev–Trinajstić information content (AvgIpc) is 2.22. The highest BCUT2D eigenvalue weighted by Crippen LogP contribution is 2.19. The number of hydrogen-bond donors (Lipinski definition) is 2. The quantitative estimate of drug-likeness (QED) is 0.571. The molecule has 0 spiro atoms. The van der Waals surface area contributed by atoms with Gasteiger partial charge in [0.25, 0.3) is 0 Å². The van der Waals surface area contributed by atoms with Crippen molar-refractivity contribution in [1.29, 1.82) is 0 Å². The summed E-state index contributed by atoms with van der Waals surface area (Å²) in [7, 11) is 0. The summed E-state index contributed by atoms with van der Waals surface area (Å²) < 4.78 is 0. The molecule has 0 heterocycles. The Morgan fingerprint density at radius 1 is 0.750 bits per heavy atom. The molecule has 0 saturated heterocycles. The van der Waals surface area contributed by atoms with E-state index in [4.69, 9.17) is 0 Å². The van der Waals surface area contributed by atoms with Crippen LogP contribution in [0.2, 0.25) is 0 Å². The molecule has 0 aliphatic carbocycles. The van der Waals surface area contributed by atoms with Crippen molar-refractivity contribution in [3.63, 3.8) is 0 Å². The van der Waals surface area contributed by atoms with Crippen molar-refractivity contribution in [2.24, 2.45) is 11.8 Å². The third kappa shape index (κ3) is 14.1. The van der Waals surface area contributed by atoms with E-state index < -0.39 is 11.2 Å². The number of aliphatic hydroxyl groups is 2. The molecule has 0 amide bonds. The molecule has 2 atom stereocenters. The fourth-order valence-corrected chi connectivity index (χ4v) is 2.29. The maximum absolute atomic E-state index is 9.67. The Labute approximate surface area is 126 Å². The minimum absolute atomic E-state index is 0.534. The van der Waals surface area contributed by atoms with Gasteiger partial charge >= 0.3 is 0 Å². The lowest BCUT2D eigenvalue weighted by molar-refractivity contribution is 0.0667. The maximum atomic E-state index is 9.67. The van der Waals surface area contributed by atoms with Crippen LogP contribution in [0.15, 0.2) is 12.2 Å². The fourth-order valence-electron chi connectivity index (χ4n) is 2.29. The molecule has 2 nitrogen and oxygen atoms in total.